The number of benzene rings is 1. The molecule has 0 saturated heterocycles. The molecule has 1 aromatic rings. The lowest BCUT2D eigenvalue weighted by Crippen LogP contribution is -2.32. The average Bonchev–Trinajstić information content (AvgIpc) is 2.17. The van der Waals surface area contributed by atoms with Gasteiger partial charge in [0.05, 0.1) is 5.56 Å². The third-order valence-corrected chi connectivity index (χ3v) is 2.45. The highest BCUT2D eigenvalue weighted by atomic mass is 79.9. The SMILES string of the molecule is CC(C)(C)CNC(=O)c1cc(Br)ccc1F. The molecule has 0 spiro atoms. The van der Waals surface area contributed by atoms with E-state index in [1.807, 2.05) is 20.8 Å². The predicted octanol–water partition coefficient (Wildman–Crippen LogP) is 3.36. The van der Waals surface area contributed by atoms with Gasteiger partial charge in [-0.25, -0.2) is 4.39 Å². The van der Waals surface area contributed by atoms with Gasteiger partial charge in [-0.15, -0.1) is 0 Å². The summed E-state index contributed by atoms with van der Waals surface area (Å²) < 4.78 is 14.0. The Balaban J connectivity index is 2.77. The molecule has 0 aliphatic heterocycles. The fourth-order valence-corrected chi connectivity index (χ4v) is 1.47. The average molecular weight is 288 g/mol. The molecule has 16 heavy (non-hydrogen) atoms. The van der Waals surface area contributed by atoms with Crippen molar-refractivity contribution < 1.29 is 9.18 Å². The molecule has 0 fully saturated rings. The van der Waals surface area contributed by atoms with Crippen LogP contribution < -0.4 is 5.32 Å². The summed E-state index contributed by atoms with van der Waals surface area (Å²) in [5.74, 6) is -0.886. The standard InChI is InChI=1S/C12H15BrFNO/c1-12(2,3)7-15-11(16)9-6-8(13)4-5-10(9)14/h4-6H,7H2,1-3H3,(H,15,16). The van der Waals surface area contributed by atoms with Crippen molar-refractivity contribution in [1.82, 2.24) is 5.32 Å². The van der Waals surface area contributed by atoms with Gasteiger partial charge in [-0.3, -0.25) is 4.79 Å². The summed E-state index contributed by atoms with van der Waals surface area (Å²) in [6, 6.07) is 4.32. The van der Waals surface area contributed by atoms with Crippen LogP contribution in [0.4, 0.5) is 4.39 Å². The van der Waals surface area contributed by atoms with Gasteiger partial charge in [-0.05, 0) is 23.6 Å². The van der Waals surface area contributed by atoms with Gasteiger partial charge in [0.1, 0.15) is 5.82 Å². The molecule has 0 saturated carbocycles. The number of hydrogen-bond donors (Lipinski definition) is 1. The fraction of sp³-hybridized carbons (Fsp3) is 0.417. The second-order valence-corrected chi connectivity index (χ2v) is 5.78. The van der Waals surface area contributed by atoms with Crippen molar-refractivity contribution in [3.63, 3.8) is 0 Å². The smallest absolute Gasteiger partial charge is 0.254 e. The lowest BCUT2D eigenvalue weighted by Gasteiger charge is -2.18. The molecule has 0 radical (unpaired) electrons. The third kappa shape index (κ3) is 3.93. The molecule has 0 unspecified atom stereocenters. The summed E-state index contributed by atoms with van der Waals surface area (Å²) in [4.78, 5) is 11.7. The first-order chi connectivity index (χ1) is 7.29. The Hall–Kier alpha value is -0.900. The summed E-state index contributed by atoms with van der Waals surface area (Å²) in [6.45, 7) is 6.53. The Labute approximate surface area is 103 Å². The van der Waals surface area contributed by atoms with Crippen LogP contribution in [0.2, 0.25) is 0 Å². The van der Waals surface area contributed by atoms with Crippen LogP contribution in [0, 0.1) is 11.2 Å². The van der Waals surface area contributed by atoms with Crippen LogP contribution in [-0.4, -0.2) is 12.5 Å². The second-order valence-electron chi connectivity index (χ2n) is 4.87. The predicted molar refractivity (Wildman–Crippen MR) is 65.9 cm³/mol. The van der Waals surface area contributed by atoms with Crippen LogP contribution in [0.15, 0.2) is 22.7 Å². The monoisotopic (exact) mass is 287 g/mol. The van der Waals surface area contributed by atoms with Gasteiger partial charge in [-0.2, -0.15) is 0 Å². The van der Waals surface area contributed by atoms with E-state index in [9.17, 15) is 9.18 Å². The van der Waals surface area contributed by atoms with Gasteiger partial charge in [0.15, 0.2) is 0 Å². The normalized spacial score (nSPS) is 11.3. The van der Waals surface area contributed by atoms with E-state index < -0.39 is 5.82 Å². The van der Waals surface area contributed by atoms with Gasteiger partial charge in [0.25, 0.3) is 5.91 Å². The second kappa shape index (κ2) is 4.95. The van der Waals surface area contributed by atoms with Crippen molar-refractivity contribution in [2.75, 3.05) is 6.54 Å². The number of rotatable bonds is 2. The maximum atomic E-state index is 13.4. The van der Waals surface area contributed by atoms with Crippen LogP contribution in [0.5, 0.6) is 0 Å². The molecule has 1 aromatic carbocycles. The molecule has 1 amide bonds. The van der Waals surface area contributed by atoms with Crippen molar-refractivity contribution in [3.05, 3.63) is 34.1 Å². The van der Waals surface area contributed by atoms with Crippen molar-refractivity contribution in [1.29, 1.82) is 0 Å². The highest BCUT2D eigenvalue weighted by molar-refractivity contribution is 9.10. The number of amides is 1. The zero-order valence-corrected chi connectivity index (χ0v) is 11.2. The van der Waals surface area contributed by atoms with Gasteiger partial charge < -0.3 is 5.32 Å². The molecule has 0 atom stereocenters. The van der Waals surface area contributed by atoms with E-state index in [0.29, 0.717) is 11.0 Å². The molecule has 0 bridgehead atoms. The Kier molecular flexibility index (Phi) is 4.08. The lowest BCUT2D eigenvalue weighted by molar-refractivity contribution is 0.0935. The molecule has 1 rings (SSSR count). The highest BCUT2D eigenvalue weighted by Crippen LogP contribution is 2.16. The van der Waals surface area contributed by atoms with Crippen LogP contribution in [0.1, 0.15) is 31.1 Å². The minimum absolute atomic E-state index is 0.0157. The van der Waals surface area contributed by atoms with Gasteiger partial charge in [-0.1, -0.05) is 36.7 Å². The summed E-state index contributed by atoms with van der Waals surface area (Å²) >= 11 is 3.21. The lowest BCUT2D eigenvalue weighted by atomic mass is 9.97. The molecule has 0 heterocycles. The molecule has 88 valence electrons. The van der Waals surface area contributed by atoms with E-state index in [-0.39, 0.29) is 16.9 Å². The number of halogens is 2. The van der Waals surface area contributed by atoms with Gasteiger partial charge in [0, 0.05) is 11.0 Å². The Bertz CT molecular complexity index is 398. The first-order valence-corrected chi connectivity index (χ1v) is 5.82. The number of nitrogens with one attached hydrogen (secondary N) is 1. The molecular weight excluding hydrogens is 273 g/mol. The third-order valence-electron chi connectivity index (χ3n) is 1.95. The van der Waals surface area contributed by atoms with E-state index in [2.05, 4.69) is 21.2 Å². The van der Waals surface area contributed by atoms with Crippen LogP contribution in [-0.2, 0) is 0 Å². The maximum Gasteiger partial charge on any atom is 0.254 e. The molecule has 4 heteroatoms. The van der Waals surface area contributed by atoms with E-state index in [0.717, 1.165) is 0 Å². The van der Waals surface area contributed by atoms with Crippen LogP contribution in [0.25, 0.3) is 0 Å². The zero-order chi connectivity index (χ0) is 12.3. The number of carbonyl (C=O) groups excluding carboxylic acids is 1. The summed E-state index contributed by atoms with van der Waals surface area (Å²) in [5, 5.41) is 2.71. The van der Waals surface area contributed by atoms with Crippen LogP contribution >= 0.6 is 15.9 Å². The maximum absolute atomic E-state index is 13.4. The van der Waals surface area contributed by atoms with E-state index in [4.69, 9.17) is 0 Å². The highest BCUT2D eigenvalue weighted by Gasteiger charge is 2.15. The first kappa shape index (κ1) is 13.2. The molecule has 0 aliphatic rings. The van der Waals surface area contributed by atoms with Crippen molar-refractivity contribution >= 4 is 21.8 Å². The van der Waals surface area contributed by atoms with Crippen molar-refractivity contribution in [2.45, 2.75) is 20.8 Å². The largest absolute Gasteiger partial charge is 0.351 e. The topological polar surface area (TPSA) is 29.1 Å². The minimum Gasteiger partial charge on any atom is -0.351 e. The Morgan fingerprint density at radius 3 is 2.62 bits per heavy atom. The van der Waals surface area contributed by atoms with Crippen molar-refractivity contribution in [2.24, 2.45) is 5.41 Å². The number of carbonyl (C=O) groups is 1. The summed E-state index contributed by atoms with van der Waals surface area (Å²) in [7, 11) is 0. The van der Waals surface area contributed by atoms with E-state index in [1.165, 1.54) is 12.1 Å². The Morgan fingerprint density at radius 1 is 1.44 bits per heavy atom. The first-order valence-electron chi connectivity index (χ1n) is 5.03. The van der Waals surface area contributed by atoms with E-state index >= 15 is 0 Å². The summed E-state index contributed by atoms with van der Waals surface area (Å²) in [5.41, 5.74) is 0.0524. The quantitative estimate of drug-likeness (QED) is 0.888. The van der Waals surface area contributed by atoms with Gasteiger partial charge >= 0.3 is 0 Å². The Morgan fingerprint density at radius 2 is 2.06 bits per heavy atom. The molecule has 0 aliphatic carbocycles. The van der Waals surface area contributed by atoms with E-state index in [1.54, 1.807) is 6.07 Å². The molecular formula is C12H15BrFNO. The minimum atomic E-state index is -0.505. The number of hydrogen-bond acceptors (Lipinski definition) is 1. The molecule has 2 nitrogen and oxygen atoms in total. The van der Waals surface area contributed by atoms with Crippen LogP contribution in [0.3, 0.4) is 0 Å². The zero-order valence-electron chi connectivity index (χ0n) is 9.60. The molecule has 1 N–H and O–H groups in total. The molecule has 0 aromatic heterocycles. The fourth-order valence-electron chi connectivity index (χ4n) is 1.11. The van der Waals surface area contributed by atoms with Gasteiger partial charge in [0.2, 0.25) is 0 Å². The summed E-state index contributed by atoms with van der Waals surface area (Å²) in [6.07, 6.45) is 0. The van der Waals surface area contributed by atoms with Crippen molar-refractivity contribution in [3.8, 4) is 0 Å².